The number of rotatable bonds is 3. The van der Waals surface area contributed by atoms with Gasteiger partial charge in [0.05, 0.1) is 12.1 Å². The van der Waals surface area contributed by atoms with Crippen molar-refractivity contribution >= 4 is 5.84 Å². The largest absolute Gasteiger partial charge is 0.386 e. The van der Waals surface area contributed by atoms with Crippen LogP contribution in [0.4, 0.5) is 0 Å². The summed E-state index contributed by atoms with van der Waals surface area (Å²) < 4.78 is 10.8. The first-order valence-corrected chi connectivity index (χ1v) is 6.85. The lowest BCUT2D eigenvalue weighted by Crippen LogP contribution is -2.41. The summed E-state index contributed by atoms with van der Waals surface area (Å²) in [4.78, 5) is 4.18. The molecule has 1 aliphatic carbocycles. The van der Waals surface area contributed by atoms with Crippen LogP contribution in [0.25, 0.3) is 0 Å². The van der Waals surface area contributed by atoms with Crippen LogP contribution in [0.3, 0.4) is 0 Å². The Hall–Kier alpha value is -2.41. The van der Waals surface area contributed by atoms with Crippen LogP contribution < -0.4 is 5.73 Å². The quantitative estimate of drug-likeness (QED) is 0.849. The van der Waals surface area contributed by atoms with E-state index in [0.29, 0.717) is 0 Å². The van der Waals surface area contributed by atoms with Gasteiger partial charge in [0, 0.05) is 20.1 Å². The van der Waals surface area contributed by atoms with Crippen LogP contribution in [0.2, 0.25) is 0 Å². The number of nitrogens with zero attached hydrogens (tertiary/aromatic N) is 3. The third-order valence-electron chi connectivity index (χ3n) is 4.86. The summed E-state index contributed by atoms with van der Waals surface area (Å²) in [7, 11) is 2.80. The standard InChI is InChI=1S/C16H16N4O2/c1-10-5-4-6-11(7-10)12-14(8-17)13(19)20-16(21-2,22-3)15(12,14)9-18/h4-7,12H,1-3H3,(H2,19,20)/t12-,14+,15+/m1/s1. The first-order chi connectivity index (χ1) is 10.5. The fraction of sp³-hybridized carbons (Fsp3) is 0.438. The molecule has 0 spiro atoms. The highest BCUT2D eigenvalue weighted by molar-refractivity contribution is 6.00. The van der Waals surface area contributed by atoms with Crippen molar-refractivity contribution in [2.75, 3.05) is 14.2 Å². The number of amidine groups is 1. The molecular weight excluding hydrogens is 280 g/mol. The van der Waals surface area contributed by atoms with Crippen LogP contribution in [-0.4, -0.2) is 26.0 Å². The number of benzene rings is 1. The van der Waals surface area contributed by atoms with E-state index in [-0.39, 0.29) is 5.84 Å². The normalized spacial score (nSPS) is 34.2. The van der Waals surface area contributed by atoms with Crippen molar-refractivity contribution in [1.29, 1.82) is 10.5 Å². The lowest BCUT2D eigenvalue weighted by atomic mass is 9.93. The van der Waals surface area contributed by atoms with Gasteiger partial charge in [-0.2, -0.15) is 10.5 Å². The molecule has 0 amide bonds. The fourth-order valence-electron chi connectivity index (χ4n) is 3.87. The van der Waals surface area contributed by atoms with E-state index >= 15 is 0 Å². The number of fused-ring (bicyclic) bond motifs is 1. The zero-order valence-corrected chi connectivity index (χ0v) is 12.6. The van der Waals surface area contributed by atoms with Crippen LogP contribution in [0.5, 0.6) is 0 Å². The third kappa shape index (κ3) is 1.24. The smallest absolute Gasteiger partial charge is 0.292 e. The molecular formula is C16H16N4O2. The van der Waals surface area contributed by atoms with Crippen molar-refractivity contribution in [2.24, 2.45) is 21.6 Å². The Morgan fingerprint density at radius 1 is 1.23 bits per heavy atom. The van der Waals surface area contributed by atoms with Gasteiger partial charge < -0.3 is 15.2 Å². The molecule has 1 aliphatic heterocycles. The summed E-state index contributed by atoms with van der Waals surface area (Å²) >= 11 is 0. The molecule has 1 aromatic rings. The molecule has 2 aliphatic rings. The number of hydrogen-bond acceptors (Lipinski definition) is 6. The molecule has 2 N–H and O–H groups in total. The van der Waals surface area contributed by atoms with E-state index in [4.69, 9.17) is 15.2 Å². The van der Waals surface area contributed by atoms with Crippen LogP contribution >= 0.6 is 0 Å². The van der Waals surface area contributed by atoms with Gasteiger partial charge in [-0.15, -0.1) is 0 Å². The zero-order valence-electron chi connectivity index (χ0n) is 12.6. The van der Waals surface area contributed by atoms with Gasteiger partial charge in [-0.25, -0.2) is 4.99 Å². The molecule has 112 valence electrons. The van der Waals surface area contributed by atoms with E-state index in [2.05, 4.69) is 17.1 Å². The van der Waals surface area contributed by atoms with Crippen molar-refractivity contribution in [3.05, 3.63) is 35.4 Å². The maximum Gasteiger partial charge on any atom is 0.292 e. The van der Waals surface area contributed by atoms with Gasteiger partial charge in [0.15, 0.2) is 5.41 Å². The maximum atomic E-state index is 9.89. The van der Waals surface area contributed by atoms with Gasteiger partial charge in [0.25, 0.3) is 5.91 Å². The number of aliphatic imine (C=N–C) groups is 1. The average Bonchev–Trinajstić information content (AvgIpc) is 3.11. The topological polar surface area (TPSA) is 104 Å². The molecule has 0 bridgehead atoms. The van der Waals surface area contributed by atoms with E-state index in [9.17, 15) is 10.5 Å². The van der Waals surface area contributed by atoms with Crippen molar-refractivity contribution in [2.45, 2.75) is 18.8 Å². The molecule has 0 unspecified atom stereocenters. The molecule has 3 rings (SSSR count). The van der Waals surface area contributed by atoms with Gasteiger partial charge in [-0.1, -0.05) is 29.8 Å². The summed E-state index contributed by atoms with van der Waals surface area (Å²) in [6.45, 7) is 1.96. The number of ether oxygens (including phenoxy) is 2. The van der Waals surface area contributed by atoms with Crippen molar-refractivity contribution < 1.29 is 9.47 Å². The van der Waals surface area contributed by atoms with Crippen LogP contribution in [-0.2, 0) is 9.47 Å². The number of nitriles is 2. The first kappa shape index (κ1) is 14.5. The average molecular weight is 296 g/mol. The third-order valence-corrected chi connectivity index (χ3v) is 4.86. The van der Waals surface area contributed by atoms with E-state index < -0.39 is 22.7 Å². The second kappa shape index (κ2) is 4.30. The molecule has 6 nitrogen and oxygen atoms in total. The Morgan fingerprint density at radius 2 is 1.91 bits per heavy atom. The maximum absolute atomic E-state index is 9.89. The van der Waals surface area contributed by atoms with E-state index in [1.165, 1.54) is 14.2 Å². The highest BCUT2D eigenvalue weighted by Gasteiger charge is 2.93. The van der Waals surface area contributed by atoms with E-state index in [1.807, 2.05) is 31.2 Å². The second-order valence-electron chi connectivity index (χ2n) is 5.67. The summed E-state index contributed by atoms with van der Waals surface area (Å²) in [5.74, 6) is -1.91. The predicted octanol–water partition coefficient (Wildman–Crippen LogP) is 1.43. The molecule has 0 saturated heterocycles. The molecule has 1 fully saturated rings. The van der Waals surface area contributed by atoms with Crippen LogP contribution in [0.1, 0.15) is 17.0 Å². The molecule has 22 heavy (non-hydrogen) atoms. The monoisotopic (exact) mass is 296 g/mol. The van der Waals surface area contributed by atoms with Crippen molar-refractivity contribution in [3.8, 4) is 12.1 Å². The summed E-state index contributed by atoms with van der Waals surface area (Å²) in [6.07, 6.45) is 0. The van der Waals surface area contributed by atoms with Gasteiger partial charge >= 0.3 is 0 Å². The minimum absolute atomic E-state index is 0.0896. The number of methoxy groups -OCH3 is 2. The summed E-state index contributed by atoms with van der Waals surface area (Å²) in [5.41, 5.74) is 5.43. The van der Waals surface area contributed by atoms with Gasteiger partial charge in [0.1, 0.15) is 11.3 Å². The molecule has 1 aromatic carbocycles. The lowest BCUT2D eigenvalue weighted by molar-refractivity contribution is -0.230. The Labute approximate surface area is 128 Å². The predicted molar refractivity (Wildman–Crippen MR) is 78.4 cm³/mol. The lowest BCUT2D eigenvalue weighted by Gasteiger charge is -2.29. The van der Waals surface area contributed by atoms with Crippen LogP contribution in [0.15, 0.2) is 29.3 Å². The molecule has 3 atom stereocenters. The Bertz CT molecular complexity index is 756. The Balaban J connectivity index is 2.26. The Morgan fingerprint density at radius 3 is 2.41 bits per heavy atom. The zero-order chi connectivity index (χ0) is 16.2. The molecule has 1 heterocycles. The molecule has 1 saturated carbocycles. The number of nitrogens with two attached hydrogens (primary N) is 1. The van der Waals surface area contributed by atoms with Crippen LogP contribution in [0, 0.1) is 40.4 Å². The van der Waals surface area contributed by atoms with E-state index in [1.54, 1.807) is 0 Å². The molecule has 0 aromatic heterocycles. The number of aryl methyl sites for hydroxylation is 1. The van der Waals surface area contributed by atoms with Crippen molar-refractivity contribution in [3.63, 3.8) is 0 Å². The highest BCUT2D eigenvalue weighted by Crippen LogP contribution is 2.81. The number of hydrogen-bond donors (Lipinski definition) is 1. The van der Waals surface area contributed by atoms with Gasteiger partial charge in [0.2, 0.25) is 0 Å². The summed E-state index contributed by atoms with van der Waals surface area (Å²) in [6, 6.07) is 12.1. The molecule has 6 heteroatoms. The van der Waals surface area contributed by atoms with Gasteiger partial charge in [-0.05, 0) is 12.5 Å². The van der Waals surface area contributed by atoms with Gasteiger partial charge in [-0.3, -0.25) is 0 Å². The molecule has 0 radical (unpaired) electrons. The first-order valence-electron chi connectivity index (χ1n) is 6.85. The Kier molecular flexibility index (Phi) is 2.84. The SMILES string of the molecule is COC1(OC)N=C(N)[C@]2(C#N)[C@@H](c3cccc(C)c3)[C@]12C#N. The van der Waals surface area contributed by atoms with Crippen molar-refractivity contribution in [1.82, 2.24) is 0 Å². The minimum atomic E-state index is -1.56. The minimum Gasteiger partial charge on any atom is -0.386 e. The van der Waals surface area contributed by atoms with E-state index in [0.717, 1.165) is 11.1 Å². The summed E-state index contributed by atoms with van der Waals surface area (Å²) in [5, 5.41) is 19.7. The second-order valence-corrected chi connectivity index (χ2v) is 5.67. The highest BCUT2D eigenvalue weighted by atomic mass is 16.7. The fourth-order valence-corrected chi connectivity index (χ4v) is 3.87.